The van der Waals surface area contributed by atoms with Crippen LogP contribution in [-0.4, -0.2) is 31.9 Å². The van der Waals surface area contributed by atoms with Crippen LogP contribution in [0.5, 0.6) is 11.5 Å². The molecule has 0 aromatic heterocycles. The number of hydrogen-bond donors (Lipinski definition) is 2. The number of aliphatic hydroxyl groups is 1. The van der Waals surface area contributed by atoms with Crippen LogP contribution < -0.4 is 14.8 Å². The summed E-state index contributed by atoms with van der Waals surface area (Å²) < 4.78 is 10.4. The fraction of sp³-hybridized carbons (Fsp3) is 0.429. The molecule has 0 fully saturated rings. The van der Waals surface area contributed by atoms with Gasteiger partial charge in [0.15, 0.2) is 0 Å². The van der Waals surface area contributed by atoms with Gasteiger partial charge in [0.1, 0.15) is 11.5 Å². The fourth-order valence-corrected chi connectivity index (χ4v) is 1.72. The van der Waals surface area contributed by atoms with E-state index in [0.29, 0.717) is 23.6 Å². The number of benzene rings is 1. The number of hydrogen-bond acceptors (Lipinski definition) is 4. The van der Waals surface area contributed by atoms with E-state index in [9.17, 15) is 5.11 Å². The average Bonchev–Trinajstić information content (AvgIpc) is 2.43. The lowest BCUT2D eigenvalue weighted by atomic mass is 10.0. The van der Waals surface area contributed by atoms with Crippen molar-refractivity contribution >= 4 is 0 Å². The summed E-state index contributed by atoms with van der Waals surface area (Å²) >= 11 is 0. The smallest absolute Gasteiger partial charge is 0.124 e. The molecule has 4 nitrogen and oxygen atoms in total. The first-order valence-corrected chi connectivity index (χ1v) is 5.88. The van der Waals surface area contributed by atoms with Crippen molar-refractivity contribution in [2.45, 2.75) is 19.1 Å². The molecule has 0 radical (unpaired) electrons. The number of aliphatic hydroxyl groups excluding tert-OH is 1. The molecule has 18 heavy (non-hydrogen) atoms. The van der Waals surface area contributed by atoms with E-state index in [0.717, 1.165) is 0 Å². The monoisotopic (exact) mass is 251 g/mol. The second-order valence-corrected chi connectivity index (χ2v) is 4.04. The predicted octanol–water partition coefficient (Wildman–Crippen LogP) is 1.90. The summed E-state index contributed by atoms with van der Waals surface area (Å²) in [5.74, 6) is 1.34. The highest BCUT2D eigenvalue weighted by Gasteiger charge is 2.20. The van der Waals surface area contributed by atoms with Crippen LogP contribution in [0.15, 0.2) is 30.9 Å². The maximum atomic E-state index is 10.3. The zero-order valence-electron chi connectivity index (χ0n) is 11.1. The van der Waals surface area contributed by atoms with Crippen molar-refractivity contribution in [1.82, 2.24) is 5.32 Å². The van der Waals surface area contributed by atoms with Crippen molar-refractivity contribution in [3.05, 3.63) is 36.4 Å². The lowest BCUT2D eigenvalue weighted by Crippen LogP contribution is -2.32. The lowest BCUT2D eigenvalue weighted by molar-refractivity contribution is 0.134. The molecule has 0 aliphatic rings. The van der Waals surface area contributed by atoms with Crippen molar-refractivity contribution in [3.63, 3.8) is 0 Å². The number of rotatable bonds is 7. The Labute approximate surface area is 108 Å². The minimum Gasteiger partial charge on any atom is -0.497 e. The van der Waals surface area contributed by atoms with Crippen molar-refractivity contribution in [2.24, 2.45) is 0 Å². The van der Waals surface area contributed by atoms with E-state index in [2.05, 4.69) is 11.9 Å². The van der Waals surface area contributed by atoms with Crippen LogP contribution in [0.4, 0.5) is 0 Å². The van der Waals surface area contributed by atoms with Gasteiger partial charge in [-0.1, -0.05) is 6.08 Å². The highest BCUT2D eigenvalue weighted by molar-refractivity contribution is 5.42. The molecule has 0 heterocycles. The Kier molecular flexibility index (Phi) is 5.68. The maximum Gasteiger partial charge on any atom is 0.124 e. The molecule has 100 valence electrons. The molecule has 0 aliphatic heterocycles. The van der Waals surface area contributed by atoms with Crippen LogP contribution >= 0.6 is 0 Å². The minimum atomic E-state index is -0.671. The van der Waals surface area contributed by atoms with E-state index in [-0.39, 0.29) is 6.04 Å². The van der Waals surface area contributed by atoms with Gasteiger partial charge in [-0.15, -0.1) is 6.58 Å². The highest BCUT2D eigenvalue weighted by Crippen LogP contribution is 2.30. The Morgan fingerprint density at radius 2 is 2.11 bits per heavy atom. The summed E-state index contributed by atoms with van der Waals surface area (Å²) in [7, 11) is 3.18. The molecular formula is C14H21NO3. The summed E-state index contributed by atoms with van der Waals surface area (Å²) in [4.78, 5) is 0. The molecule has 0 aliphatic carbocycles. The molecule has 4 heteroatoms. The largest absolute Gasteiger partial charge is 0.497 e. The molecule has 2 N–H and O–H groups in total. The molecule has 1 aromatic carbocycles. The summed E-state index contributed by atoms with van der Waals surface area (Å²) in [6.07, 6.45) is 1.08. The number of methoxy groups -OCH3 is 2. The van der Waals surface area contributed by atoms with Crippen LogP contribution in [-0.2, 0) is 0 Å². The summed E-state index contributed by atoms with van der Waals surface area (Å²) in [6.45, 7) is 6.19. The Balaban J connectivity index is 2.94. The second-order valence-electron chi connectivity index (χ2n) is 4.04. The molecule has 2 unspecified atom stereocenters. The van der Waals surface area contributed by atoms with Crippen molar-refractivity contribution < 1.29 is 14.6 Å². The molecule has 0 saturated carbocycles. The molecule has 0 amide bonds. The van der Waals surface area contributed by atoms with Crippen molar-refractivity contribution in [3.8, 4) is 11.5 Å². The van der Waals surface area contributed by atoms with Gasteiger partial charge in [0.2, 0.25) is 0 Å². The third kappa shape index (κ3) is 3.48. The summed E-state index contributed by atoms with van der Waals surface area (Å²) in [6, 6.07) is 5.27. The van der Waals surface area contributed by atoms with E-state index >= 15 is 0 Å². The average molecular weight is 251 g/mol. The van der Waals surface area contributed by atoms with E-state index < -0.39 is 6.10 Å². The summed E-state index contributed by atoms with van der Waals surface area (Å²) in [5.41, 5.74) is 0.709. The van der Waals surface area contributed by atoms with E-state index in [1.54, 1.807) is 38.5 Å². The Morgan fingerprint density at radius 1 is 1.39 bits per heavy atom. The molecule has 0 saturated heterocycles. The van der Waals surface area contributed by atoms with Crippen LogP contribution in [0.2, 0.25) is 0 Å². The van der Waals surface area contributed by atoms with Gasteiger partial charge in [-0.25, -0.2) is 0 Å². The van der Waals surface area contributed by atoms with Crippen molar-refractivity contribution in [1.29, 1.82) is 0 Å². The van der Waals surface area contributed by atoms with Crippen molar-refractivity contribution in [2.75, 3.05) is 20.8 Å². The summed E-state index contributed by atoms with van der Waals surface area (Å²) in [5, 5.41) is 13.5. The lowest BCUT2D eigenvalue weighted by Gasteiger charge is -2.22. The maximum absolute atomic E-state index is 10.3. The molecule has 1 aromatic rings. The molecule has 2 atom stereocenters. The first kappa shape index (κ1) is 14.5. The van der Waals surface area contributed by atoms with Gasteiger partial charge in [-0.2, -0.15) is 0 Å². The quantitative estimate of drug-likeness (QED) is 0.727. The van der Waals surface area contributed by atoms with E-state index in [1.807, 2.05) is 6.92 Å². The highest BCUT2D eigenvalue weighted by atomic mass is 16.5. The van der Waals surface area contributed by atoms with Gasteiger partial charge in [0.05, 0.1) is 20.3 Å². The standard InChI is InChI=1S/C14H21NO3/c1-5-8-15-10(2)14(16)12-9-11(17-3)6-7-13(12)18-4/h5-7,9-10,14-16H,1,8H2,2-4H3. The Bertz CT molecular complexity index is 393. The molecular weight excluding hydrogens is 230 g/mol. The molecule has 0 spiro atoms. The van der Waals surface area contributed by atoms with Gasteiger partial charge in [0, 0.05) is 18.2 Å². The third-order valence-corrected chi connectivity index (χ3v) is 2.81. The minimum absolute atomic E-state index is 0.107. The normalized spacial score (nSPS) is 13.8. The third-order valence-electron chi connectivity index (χ3n) is 2.81. The fourth-order valence-electron chi connectivity index (χ4n) is 1.72. The van der Waals surface area contributed by atoms with Crippen LogP contribution in [0.3, 0.4) is 0 Å². The van der Waals surface area contributed by atoms with Gasteiger partial charge in [0.25, 0.3) is 0 Å². The topological polar surface area (TPSA) is 50.7 Å². The Hall–Kier alpha value is -1.52. The zero-order valence-corrected chi connectivity index (χ0v) is 11.1. The molecule has 1 rings (SSSR count). The number of ether oxygens (including phenoxy) is 2. The van der Waals surface area contributed by atoms with Gasteiger partial charge < -0.3 is 19.9 Å². The molecule has 0 bridgehead atoms. The first-order chi connectivity index (χ1) is 8.63. The van der Waals surface area contributed by atoms with E-state index in [4.69, 9.17) is 9.47 Å². The Morgan fingerprint density at radius 3 is 2.67 bits per heavy atom. The van der Waals surface area contributed by atoms with Crippen LogP contribution in [0, 0.1) is 0 Å². The number of nitrogens with one attached hydrogen (secondary N) is 1. The zero-order chi connectivity index (χ0) is 13.5. The first-order valence-electron chi connectivity index (χ1n) is 5.88. The van der Waals surface area contributed by atoms with Gasteiger partial charge in [-0.05, 0) is 25.1 Å². The SMILES string of the molecule is C=CCNC(C)C(O)c1cc(OC)ccc1OC. The predicted molar refractivity (Wildman–Crippen MR) is 72.2 cm³/mol. The van der Waals surface area contributed by atoms with Gasteiger partial charge >= 0.3 is 0 Å². The van der Waals surface area contributed by atoms with Crippen LogP contribution in [0.25, 0.3) is 0 Å². The second kappa shape index (κ2) is 7.03. The van der Waals surface area contributed by atoms with E-state index in [1.165, 1.54) is 0 Å². The van der Waals surface area contributed by atoms with Crippen LogP contribution in [0.1, 0.15) is 18.6 Å². The van der Waals surface area contributed by atoms with Gasteiger partial charge in [-0.3, -0.25) is 0 Å².